The molecule has 4 amide bonds. The first-order valence-electron chi connectivity index (χ1n) is 21.9. The summed E-state index contributed by atoms with van der Waals surface area (Å²) in [4.78, 5) is 75.1. The van der Waals surface area contributed by atoms with E-state index < -0.39 is 87.8 Å². The number of carboxylic acids is 2. The molecule has 5 heterocycles. The number of fused-ring (bicyclic) bond motifs is 1. The number of sulfonamides is 1. The Bertz CT molecular complexity index is 3080. The number of likely N-dealkylation sites (tertiary alicyclic amines) is 1. The number of nitrogens with one attached hydrogen (secondary N) is 3. The molecule has 5 N–H and O–H groups in total. The Balaban J connectivity index is 0.882. The number of urea groups is 1. The maximum absolute atomic E-state index is 16.0. The van der Waals surface area contributed by atoms with E-state index in [9.17, 15) is 42.3 Å². The average molecular weight is 1010 g/mol. The minimum atomic E-state index is -3.93. The van der Waals surface area contributed by atoms with Gasteiger partial charge in [0.25, 0.3) is 5.92 Å². The van der Waals surface area contributed by atoms with Gasteiger partial charge in [0, 0.05) is 49.5 Å². The summed E-state index contributed by atoms with van der Waals surface area (Å²) in [7, 11) is -2.45. The molecule has 0 radical (unpaired) electrons. The molecule has 69 heavy (non-hydrogen) atoms. The van der Waals surface area contributed by atoms with E-state index in [1.54, 1.807) is 36.4 Å². The van der Waals surface area contributed by atoms with Crippen molar-refractivity contribution in [3.8, 4) is 16.2 Å². The predicted molar refractivity (Wildman–Crippen MR) is 253 cm³/mol. The summed E-state index contributed by atoms with van der Waals surface area (Å²) in [6.07, 6.45) is 0.927. The Morgan fingerprint density at radius 1 is 0.957 bits per heavy atom. The van der Waals surface area contributed by atoms with Crippen LogP contribution in [0.5, 0.6) is 5.75 Å². The van der Waals surface area contributed by atoms with Gasteiger partial charge in [0.2, 0.25) is 21.8 Å². The van der Waals surface area contributed by atoms with Gasteiger partial charge >= 0.3 is 23.7 Å². The molecule has 0 aliphatic carbocycles. The predicted octanol–water partition coefficient (Wildman–Crippen LogP) is 6.70. The van der Waals surface area contributed by atoms with Crippen molar-refractivity contribution in [2.75, 3.05) is 36.9 Å². The zero-order valence-electron chi connectivity index (χ0n) is 37.5. The summed E-state index contributed by atoms with van der Waals surface area (Å²) < 4.78 is 69.2. The van der Waals surface area contributed by atoms with Crippen molar-refractivity contribution in [2.24, 2.45) is 7.05 Å². The Kier molecular flexibility index (Phi) is 13.4. The first kappa shape index (κ1) is 49.1. The maximum atomic E-state index is 16.0. The largest absolute Gasteiger partial charge is 0.479 e. The average Bonchev–Trinajstić information content (AvgIpc) is 3.73. The number of aryl methyl sites for hydroxylation is 1. The number of halogens is 3. The number of carbonyl (C=O) groups is 5. The zero-order valence-corrected chi connectivity index (χ0v) is 39.9. The van der Waals surface area contributed by atoms with Gasteiger partial charge in [0.1, 0.15) is 11.1 Å². The van der Waals surface area contributed by atoms with Crippen LogP contribution in [0.15, 0.2) is 71.5 Å². The topological polar surface area (TPSA) is 239 Å². The van der Waals surface area contributed by atoms with Gasteiger partial charge in [-0.05, 0) is 92.6 Å². The molecule has 3 atom stereocenters. The van der Waals surface area contributed by atoms with E-state index in [0.29, 0.717) is 45.6 Å². The summed E-state index contributed by atoms with van der Waals surface area (Å²) in [5.41, 5.74) is 1.42. The monoisotopic (exact) mass is 1010 g/mol. The summed E-state index contributed by atoms with van der Waals surface area (Å²) in [5.74, 6) is -8.95. The summed E-state index contributed by atoms with van der Waals surface area (Å²) in [6.45, 7) is 2.12. The number of amides is 4. The Morgan fingerprint density at radius 2 is 1.70 bits per heavy atom. The van der Waals surface area contributed by atoms with Crippen LogP contribution in [0.1, 0.15) is 78.7 Å². The van der Waals surface area contributed by atoms with Gasteiger partial charge in [-0.2, -0.15) is 4.31 Å². The lowest BCUT2D eigenvalue weighted by Crippen LogP contribution is -2.55. The number of benzene rings is 3. The number of alkyl halides is 2. The molecule has 3 fully saturated rings. The first-order valence-corrected chi connectivity index (χ1v) is 24.7. The van der Waals surface area contributed by atoms with Gasteiger partial charge in [-0.1, -0.05) is 41.9 Å². The van der Waals surface area contributed by atoms with Crippen LogP contribution in [0.4, 0.5) is 25.0 Å². The highest BCUT2D eigenvalue weighted by molar-refractivity contribution is 7.88. The number of thiophene rings is 1. The molecular formula is C46H48ClF2N7O11S2. The lowest BCUT2D eigenvalue weighted by molar-refractivity contribution is -0.139. The van der Waals surface area contributed by atoms with E-state index in [0.717, 1.165) is 16.2 Å². The van der Waals surface area contributed by atoms with E-state index in [-0.39, 0.29) is 65.3 Å². The number of ether oxygens (including phenoxy) is 1. The lowest BCUT2D eigenvalue weighted by atomic mass is 9.86. The molecule has 8 rings (SSSR count). The number of carbonyl (C=O) groups excluding carboxylic acids is 3. The van der Waals surface area contributed by atoms with Crippen LogP contribution < -0.4 is 26.4 Å². The second-order valence-corrected chi connectivity index (χ2v) is 21.3. The molecule has 1 unspecified atom stereocenters. The van der Waals surface area contributed by atoms with Gasteiger partial charge in [-0.25, -0.2) is 36.4 Å². The van der Waals surface area contributed by atoms with Crippen molar-refractivity contribution < 1.29 is 56.1 Å². The van der Waals surface area contributed by atoms with Gasteiger partial charge in [-0.15, -0.1) is 11.3 Å². The van der Waals surface area contributed by atoms with Crippen LogP contribution >= 0.6 is 22.9 Å². The second-order valence-electron chi connectivity index (χ2n) is 18.0. The van der Waals surface area contributed by atoms with Crippen LogP contribution in [0.2, 0.25) is 5.02 Å². The molecule has 2 aromatic heterocycles. The fourth-order valence-electron chi connectivity index (χ4n) is 9.57. The highest BCUT2D eigenvalue weighted by Crippen LogP contribution is 2.46. The van der Waals surface area contributed by atoms with Crippen LogP contribution in [-0.2, 0) is 37.2 Å². The molecule has 23 heteroatoms. The highest BCUT2D eigenvalue weighted by atomic mass is 35.5. The van der Waals surface area contributed by atoms with E-state index in [4.69, 9.17) is 21.4 Å². The Morgan fingerprint density at radius 3 is 2.39 bits per heavy atom. The standard InChI is InChI=1S/C46H48ClF2N7O11S2/c1-45(2)21-30(50-29-9-5-7-27(19-29)39-37(47)38(67-22-36(58)59)40(68-39)42(61)62)14-17-55(45)69(65,66)23-25-6-4-8-28(18-25)51-43(63)54-16-15-31(46(48,49)24-54)26-10-11-32-34(20-26)53(3)44(64)56(32)33-12-13-35(57)52-41(33)60/h4-11,18-20,30-31,33,50H,12-17,21-24H2,1-3H3,(H,51,63)(H,58,59)(H,61,62)(H,52,57,60)/t30-,31-,33?/m0/s1. The van der Waals surface area contributed by atoms with Gasteiger partial charge in [0.15, 0.2) is 17.2 Å². The lowest BCUT2D eigenvalue weighted by Gasteiger charge is -2.45. The Hall–Kier alpha value is -6.36. The third-order valence-electron chi connectivity index (χ3n) is 12.7. The highest BCUT2D eigenvalue weighted by Gasteiger charge is 2.47. The van der Waals surface area contributed by atoms with Crippen molar-refractivity contribution in [2.45, 2.75) is 81.2 Å². The number of aliphatic carboxylic acids is 1. The Labute approximate surface area is 402 Å². The van der Waals surface area contributed by atoms with E-state index in [2.05, 4.69) is 16.0 Å². The molecule has 18 nitrogen and oxygen atoms in total. The molecule has 0 saturated carbocycles. The molecule has 5 aromatic rings. The maximum Gasteiger partial charge on any atom is 0.349 e. The zero-order chi connectivity index (χ0) is 49.7. The van der Waals surface area contributed by atoms with E-state index in [1.807, 2.05) is 19.9 Å². The van der Waals surface area contributed by atoms with Crippen molar-refractivity contribution >= 4 is 85.2 Å². The number of rotatable bonds is 13. The van der Waals surface area contributed by atoms with Gasteiger partial charge in [0.05, 0.1) is 34.1 Å². The van der Waals surface area contributed by atoms with Crippen LogP contribution in [-0.4, -0.2) is 110 Å². The fraction of sp³-hybridized carbons (Fsp3) is 0.391. The number of imidazole rings is 1. The minimum Gasteiger partial charge on any atom is -0.479 e. The van der Waals surface area contributed by atoms with E-state index >= 15 is 8.78 Å². The number of hydrogen-bond donors (Lipinski definition) is 5. The molecule has 3 aromatic carbocycles. The van der Waals surface area contributed by atoms with Crippen LogP contribution in [0, 0.1) is 0 Å². The second kappa shape index (κ2) is 18.9. The minimum absolute atomic E-state index is 0.0250. The smallest absolute Gasteiger partial charge is 0.349 e. The summed E-state index contributed by atoms with van der Waals surface area (Å²) >= 11 is 7.35. The molecule has 3 aliphatic heterocycles. The van der Waals surface area contributed by atoms with Crippen LogP contribution in [0.25, 0.3) is 21.5 Å². The number of hydrogen-bond acceptors (Lipinski definition) is 11. The number of imide groups is 1. The van der Waals surface area contributed by atoms with Crippen molar-refractivity contribution in [3.63, 3.8) is 0 Å². The number of aromatic carboxylic acids is 1. The number of carboxylic acid groups (broad SMARTS) is 2. The third-order valence-corrected chi connectivity index (χ3v) is 16.5. The first-order chi connectivity index (χ1) is 32.5. The van der Waals surface area contributed by atoms with Gasteiger partial charge in [-0.3, -0.25) is 24.0 Å². The number of anilines is 2. The SMILES string of the molecule is Cn1c(=O)n(C2CCC(=O)NC2=O)c2ccc([C@@H]3CCN(C(=O)Nc4cccc(CS(=O)(=O)N5CC[C@H](Nc6cccc(-c7sc(C(=O)O)c(OCC(=O)O)c7Cl)c6)CC5(C)C)c4)CC3(F)F)cc21. The summed E-state index contributed by atoms with van der Waals surface area (Å²) in [5, 5.41) is 27.1. The molecule has 0 bridgehead atoms. The van der Waals surface area contributed by atoms with Crippen LogP contribution in [0.3, 0.4) is 0 Å². The van der Waals surface area contributed by atoms with Gasteiger partial charge < -0.3 is 30.5 Å². The normalized spacial score (nSPS) is 20.6. The molecular weight excluding hydrogens is 964 g/mol. The van der Waals surface area contributed by atoms with E-state index in [1.165, 1.54) is 44.8 Å². The molecule has 3 saturated heterocycles. The molecule has 0 spiro atoms. The number of piperidine rings is 3. The van der Waals surface area contributed by atoms with Crippen molar-refractivity contribution in [1.29, 1.82) is 0 Å². The number of aromatic nitrogens is 2. The third kappa shape index (κ3) is 10.1. The fourth-order valence-corrected chi connectivity index (χ4v) is 12.9. The molecule has 3 aliphatic rings. The van der Waals surface area contributed by atoms with Crippen molar-refractivity contribution in [3.05, 3.63) is 98.2 Å². The molecule has 366 valence electrons. The quantitative estimate of drug-likeness (QED) is 0.0775. The number of nitrogens with zero attached hydrogens (tertiary/aromatic N) is 4. The van der Waals surface area contributed by atoms with Crippen molar-refractivity contribution in [1.82, 2.24) is 23.7 Å². The summed E-state index contributed by atoms with van der Waals surface area (Å²) in [6, 6.07) is 15.9.